The SMILES string of the molecule is CC1=C(C(=O)O)C(c2cccc3ccccc23)c2c(C)nn(C)c2N1. The molecule has 0 bridgehead atoms. The topological polar surface area (TPSA) is 67.1 Å². The van der Waals surface area contributed by atoms with Crippen LogP contribution in [0.4, 0.5) is 5.82 Å². The second kappa shape index (κ2) is 5.48. The summed E-state index contributed by atoms with van der Waals surface area (Å²) in [5.74, 6) is -0.400. The number of hydrogen-bond acceptors (Lipinski definition) is 3. The maximum Gasteiger partial charge on any atom is 0.334 e. The van der Waals surface area contributed by atoms with Crippen LogP contribution >= 0.6 is 0 Å². The van der Waals surface area contributed by atoms with Gasteiger partial charge in [-0.15, -0.1) is 0 Å². The lowest BCUT2D eigenvalue weighted by molar-refractivity contribution is -0.132. The largest absolute Gasteiger partial charge is 0.478 e. The molecule has 1 atom stereocenters. The van der Waals surface area contributed by atoms with Crippen LogP contribution in [0.2, 0.25) is 0 Å². The Balaban J connectivity index is 2.08. The van der Waals surface area contributed by atoms with Crippen molar-refractivity contribution in [2.75, 3.05) is 5.32 Å². The summed E-state index contributed by atoms with van der Waals surface area (Å²) in [6.07, 6.45) is 0. The van der Waals surface area contributed by atoms with Crippen molar-refractivity contribution in [1.29, 1.82) is 0 Å². The molecule has 5 heteroatoms. The molecule has 5 nitrogen and oxygen atoms in total. The highest BCUT2D eigenvalue weighted by Crippen LogP contribution is 2.45. The first-order valence-electron chi connectivity index (χ1n) is 8.21. The van der Waals surface area contributed by atoms with E-state index in [0.717, 1.165) is 33.4 Å². The van der Waals surface area contributed by atoms with Crippen molar-refractivity contribution in [3.8, 4) is 0 Å². The summed E-state index contributed by atoms with van der Waals surface area (Å²) in [5, 5.41) is 19.8. The van der Waals surface area contributed by atoms with Crippen LogP contribution in [0.15, 0.2) is 53.7 Å². The molecule has 4 rings (SSSR count). The lowest BCUT2D eigenvalue weighted by atomic mass is 9.79. The first kappa shape index (κ1) is 15.4. The van der Waals surface area contributed by atoms with Crippen molar-refractivity contribution >= 4 is 22.6 Å². The van der Waals surface area contributed by atoms with Gasteiger partial charge in [-0.2, -0.15) is 5.10 Å². The Morgan fingerprint density at radius 1 is 1.16 bits per heavy atom. The second-order valence-corrected chi connectivity index (χ2v) is 6.44. The molecule has 1 aliphatic rings. The molecule has 1 aromatic heterocycles. The molecule has 126 valence electrons. The fourth-order valence-electron chi connectivity index (χ4n) is 3.87. The summed E-state index contributed by atoms with van der Waals surface area (Å²) < 4.78 is 1.78. The molecule has 0 aliphatic carbocycles. The maximum atomic E-state index is 12.1. The lowest BCUT2D eigenvalue weighted by Gasteiger charge is -2.28. The third-order valence-corrected chi connectivity index (χ3v) is 4.92. The quantitative estimate of drug-likeness (QED) is 0.748. The van der Waals surface area contributed by atoms with E-state index in [-0.39, 0.29) is 5.92 Å². The van der Waals surface area contributed by atoms with E-state index in [9.17, 15) is 9.90 Å². The number of benzene rings is 2. The summed E-state index contributed by atoms with van der Waals surface area (Å²) in [4.78, 5) is 12.1. The van der Waals surface area contributed by atoms with Crippen molar-refractivity contribution in [3.63, 3.8) is 0 Å². The van der Waals surface area contributed by atoms with E-state index in [1.165, 1.54) is 0 Å². The van der Waals surface area contributed by atoms with Gasteiger partial charge in [-0.1, -0.05) is 42.5 Å². The highest BCUT2D eigenvalue weighted by Gasteiger charge is 2.36. The molecule has 0 spiro atoms. The molecule has 0 radical (unpaired) electrons. The molecule has 2 N–H and O–H groups in total. The van der Waals surface area contributed by atoms with Gasteiger partial charge in [0.05, 0.1) is 11.3 Å². The molecule has 0 fully saturated rings. The number of rotatable bonds is 2. The number of anilines is 1. The minimum absolute atomic E-state index is 0.353. The average molecular weight is 333 g/mol. The highest BCUT2D eigenvalue weighted by molar-refractivity contribution is 5.96. The first-order chi connectivity index (χ1) is 12.0. The minimum Gasteiger partial charge on any atom is -0.478 e. The van der Waals surface area contributed by atoms with Crippen molar-refractivity contribution in [1.82, 2.24) is 9.78 Å². The van der Waals surface area contributed by atoms with Gasteiger partial charge in [0.25, 0.3) is 0 Å². The van der Waals surface area contributed by atoms with Gasteiger partial charge < -0.3 is 10.4 Å². The molecule has 3 aromatic rings. The van der Waals surface area contributed by atoms with Crippen molar-refractivity contribution in [3.05, 3.63) is 70.6 Å². The zero-order chi connectivity index (χ0) is 17.7. The Labute approximate surface area is 145 Å². The van der Waals surface area contributed by atoms with E-state index in [4.69, 9.17) is 0 Å². The van der Waals surface area contributed by atoms with Crippen LogP contribution in [0.5, 0.6) is 0 Å². The number of nitrogens with one attached hydrogen (secondary N) is 1. The summed E-state index contributed by atoms with van der Waals surface area (Å²) in [6.45, 7) is 3.74. The van der Waals surface area contributed by atoms with Crippen LogP contribution < -0.4 is 5.32 Å². The van der Waals surface area contributed by atoms with Gasteiger partial charge in [-0.05, 0) is 30.2 Å². The Hall–Kier alpha value is -3.08. The number of fused-ring (bicyclic) bond motifs is 2. The Kier molecular flexibility index (Phi) is 3.39. The van der Waals surface area contributed by atoms with Crippen molar-refractivity contribution in [2.45, 2.75) is 19.8 Å². The zero-order valence-corrected chi connectivity index (χ0v) is 14.4. The minimum atomic E-state index is -0.906. The number of carboxylic acids is 1. The van der Waals surface area contributed by atoms with E-state index in [1.807, 2.05) is 63.4 Å². The molecule has 0 amide bonds. The fraction of sp³-hybridized carbons (Fsp3) is 0.200. The molecule has 2 heterocycles. The average Bonchev–Trinajstić information content (AvgIpc) is 2.87. The Morgan fingerprint density at radius 3 is 2.64 bits per heavy atom. The van der Waals surface area contributed by atoms with Crippen LogP contribution in [-0.4, -0.2) is 20.9 Å². The van der Waals surface area contributed by atoms with Gasteiger partial charge in [0.1, 0.15) is 5.82 Å². The number of carbonyl (C=O) groups is 1. The van der Waals surface area contributed by atoms with Gasteiger partial charge in [0.15, 0.2) is 0 Å². The van der Waals surface area contributed by atoms with E-state index < -0.39 is 5.97 Å². The lowest BCUT2D eigenvalue weighted by Crippen LogP contribution is -2.23. The van der Waals surface area contributed by atoms with Crippen LogP contribution in [0.3, 0.4) is 0 Å². The van der Waals surface area contributed by atoms with Gasteiger partial charge in [0, 0.05) is 24.2 Å². The smallest absolute Gasteiger partial charge is 0.334 e. The maximum absolute atomic E-state index is 12.1. The third kappa shape index (κ3) is 2.23. The number of hydrogen-bond donors (Lipinski definition) is 2. The Morgan fingerprint density at radius 2 is 1.88 bits per heavy atom. The number of allylic oxidation sites excluding steroid dienone is 1. The highest BCUT2D eigenvalue weighted by atomic mass is 16.4. The number of aryl methyl sites for hydroxylation is 2. The van der Waals surface area contributed by atoms with Crippen molar-refractivity contribution < 1.29 is 9.90 Å². The van der Waals surface area contributed by atoms with E-state index in [1.54, 1.807) is 4.68 Å². The fourth-order valence-corrected chi connectivity index (χ4v) is 3.87. The van der Waals surface area contributed by atoms with Crippen LogP contribution in [0.1, 0.15) is 29.7 Å². The van der Waals surface area contributed by atoms with Crippen LogP contribution in [0, 0.1) is 6.92 Å². The summed E-state index contributed by atoms with van der Waals surface area (Å²) >= 11 is 0. The molecule has 1 unspecified atom stereocenters. The van der Waals surface area contributed by atoms with Gasteiger partial charge in [-0.25, -0.2) is 4.79 Å². The predicted octanol–water partition coefficient (Wildman–Crippen LogP) is 3.80. The second-order valence-electron chi connectivity index (χ2n) is 6.44. The van der Waals surface area contributed by atoms with Gasteiger partial charge >= 0.3 is 5.97 Å². The number of nitrogens with zero attached hydrogens (tertiary/aromatic N) is 2. The van der Waals surface area contributed by atoms with Crippen LogP contribution in [0.25, 0.3) is 10.8 Å². The first-order valence-corrected chi connectivity index (χ1v) is 8.21. The zero-order valence-electron chi connectivity index (χ0n) is 14.4. The summed E-state index contributed by atoms with van der Waals surface area (Å²) in [7, 11) is 1.87. The van der Waals surface area contributed by atoms with E-state index in [0.29, 0.717) is 11.3 Å². The van der Waals surface area contributed by atoms with Gasteiger partial charge in [0.2, 0.25) is 0 Å². The predicted molar refractivity (Wildman–Crippen MR) is 97.7 cm³/mol. The van der Waals surface area contributed by atoms with Crippen LogP contribution in [-0.2, 0) is 11.8 Å². The van der Waals surface area contributed by atoms with Gasteiger partial charge in [-0.3, -0.25) is 4.68 Å². The normalized spacial score (nSPS) is 16.7. The molecule has 2 aromatic carbocycles. The third-order valence-electron chi connectivity index (χ3n) is 4.92. The molecule has 0 saturated heterocycles. The Bertz CT molecular complexity index is 1040. The molecular weight excluding hydrogens is 314 g/mol. The monoisotopic (exact) mass is 333 g/mol. The number of aliphatic carboxylic acids is 1. The molecule has 1 aliphatic heterocycles. The molecule has 0 saturated carbocycles. The van der Waals surface area contributed by atoms with E-state index in [2.05, 4.69) is 10.4 Å². The van der Waals surface area contributed by atoms with E-state index >= 15 is 0 Å². The van der Waals surface area contributed by atoms with Crippen molar-refractivity contribution in [2.24, 2.45) is 7.05 Å². The summed E-state index contributed by atoms with van der Waals surface area (Å²) in [5.41, 5.74) is 3.80. The molecule has 25 heavy (non-hydrogen) atoms. The molecular formula is C20H19N3O2. The standard InChI is InChI=1S/C20H19N3O2/c1-11-17(20(24)25)18(16-12(2)22-23(3)19(16)21-11)15-10-6-8-13-7-4-5-9-14(13)15/h4-10,18,21H,1-3H3,(H,24,25). The number of aromatic nitrogens is 2. The number of carboxylic acid groups (broad SMARTS) is 1. The summed E-state index contributed by atoms with van der Waals surface area (Å²) in [6, 6.07) is 14.1.